The largest absolute Gasteiger partial charge is 0.388 e. The Kier molecular flexibility index (Phi) is 14.5. The van der Waals surface area contributed by atoms with Gasteiger partial charge in [0, 0.05) is 50.2 Å². The number of carbonyl (C=O) groups excluding carboxylic acids is 3. The molecule has 0 heterocycles. The van der Waals surface area contributed by atoms with Gasteiger partial charge in [-0.05, 0) is 121 Å². The molecule has 11 rings (SSSR count). The van der Waals surface area contributed by atoms with Gasteiger partial charge in [0.05, 0.1) is 25.7 Å². The van der Waals surface area contributed by atoms with Crippen LogP contribution in [0.1, 0.15) is 90.7 Å². The van der Waals surface area contributed by atoms with Crippen LogP contribution in [-0.2, 0) is 45.4 Å². The van der Waals surface area contributed by atoms with E-state index in [9.17, 15) is 36.3 Å². The van der Waals surface area contributed by atoms with E-state index in [4.69, 9.17) is 0 Å². The fraction of sp³-hybridized carbons (Fsp3) is 0.167. The van der Waals surface area contributed by atoms with Crippen molar-refractivity contribution in [3.63, 3.8) is 0 Å². The molecule has 0 aliphatic heterocycles. The van der Waals surface area contributed by atoms with Crippen LogP contribution < -0.4 is 0 Å². The number of rotatable bonds is 6. The van der Waals surface area contributed by atoms with Gasteiger partial charge in [-0.25, -0.2) is 16.8 Å². The second kappa shape index (κ2) is 20.4. The standard InChI is InChI=1S/C15H14O3S.C15H12O3S.C15H12OS.C9H7BrO/c2*16-14-10-9-13-12(14)7-4-8-15(13)19(17,18)11-5-2-1-3-6-11;16-14-10-9-13-12(14)7-4-8-15(13)17-11-5-2-1-3-6-11;10-8-3-1-2-7-6(8)4-5-9(7)11/h1-8,14,16H,9-10H2;1-8H,9-10H2;1-8H,9-10H2;1-3H,4-5H2/t14-;;;/m0.../s1. The number of fused-ring (bicyclic) bond motifs is 4. The molecule has 4 aliphatic rings. The number of ketones is 3. The maximum absolute atomic E-state index is 12.6. The minimum atomic E-state index is -3.54. The number of halogens is 1. The summed E-state index contributed by atoms with van der Waals surface area (Å²) in [5.74, 6) is 0.594. The highest BCUT2D eigenvalue weighted by molar-refractivity contribution is 9.10. The van der Waals surface area contributed by atoms with E-state index in [1.165, 1.54) is 20.9 Å². The number of aliphatic hydroxyl groups is 1. The second-order valence-corrected chi connectivity index (χ2v) is 21.8. The molecule has 1 N–H and O–H groups in total. The van der Waals surface area contributed by atoms with Gasteiger partial charge in [-0.1, -0.05) is 131 Å². The fourth-order valence-electron chi connectivity index (χ4n) is 8.63. The molecule has 0 saturated carbocycles. The van der Waals surface area contributed by atoms with E-state index in [1.807, 2.05) is 48.5 Å². The predicted octanol–water partition coefficient (Wildman–Crippen LogP) is 11.7. The minimum Gasteiger partial charge on any atom is -0.388 e. The summed E-state index contributed by atoms with van der Waals surface area (Å²) in [7, 11) is -7.04. The lowest BCUT2D eigenvalue weighted by atomic mass is 10.1. The Balaban J connectivity index is 0.000000122. The summed E-state index contributed by atoms with van der Waals surface area (Å²) in [5.41, 5.74) is 6.96. The molecule has 12 heteroatoms. The molecule has 66 heavy (non-hydrogen) atoms. The zero-order valence-electron chi connectivity index (χ0n) is 35.7. The number of benzene rings is 7. The van der Waals surface area contributed by atoms with Gasteiger partial charge in [0.1, 0.15) is 0 Å². The van der Waals surface area contributed by atoms with Gasteiger partial charge in [-0.15, -0.1) is 0 Å². The van der Waals surface area contributed by atoms with Gasteiger partial charge in [-0.2, -0.15) is 0 Å². The first kappa shape index (κ1) is 46.8. The molecule has 0 unspecified atom stereocenters. The smallest absolute Gasteiger partial charge is 0.206 e. The summed E-state index contributed by atoms with van der Waals surface area (Å²) in [4.78, 5) is 38.1. The lowest BCUT2D eigenvalue weighted by Crippen LogP contribution is -2.05. The van der Waals surface area contributed by atoms with Gasteiger partial charge in [0.2, 0.25) is 19.7 Å². The number of carbonyl (C=O) groups is 3. The molecule has 8 nitrogen and oxygen atoms in total. The van der Waals surface area contributed by atoms with E-state index in [2.05, 4.69) is 34.1 Å². The van der Waals surface area contributed by atoms with Crippen molar-refractivity contribution >= 4 is 64.7 Å². The Bertz CT molecular complexity index is 3170. The van der Waals surface area contributed by atoms with Crippen LogP contribution >= 0.6 is 27.7 Å². The van der Waals surface area contributed by atoms with E-state index in [0.29, 0.717) is 59.4 Å². The molecule has 7 aromatic carbocycles. The van der Waals surface area contributed by atoms with Crippen LogP contribution in [0.3, 0.4) is 0 Å². The molecule has 1 atom stereocenters. The van der Waals surface area contributed by atoms with Crippen LogP contribution in [-0.4, -0.2) is 39.3 Å². The van der Waals surface area contributed by atoms with Crippen LogP contribution in [0, 0.1) is 0 Å². The zero-order valence-corrected chi connectivity index (χ0v) is 39.8. The Morgan fingerprint density at radius 2 is 0.879 bits per heavy atom. The Morgan fingerprint density at radius 3 is 1.44 bits per heavy atom. The minimum absolute atomic E-state index is 0.0279. The van der Waals surface area contributed by atoms with E-state index in [-0.39, 0.29) is 27.1 Å². The average molecular weight is 998 g/mol. The lowest BCUT2D eigenvalue weighted by molar-refractivity contribution is 0.0986. The third-order valence-electron chi connectivity index (χ3n) is 11.9. The van der Waals surface area contributed by atoms with Gasteiger partial charge in [0.25, 0.3) is 0 Å². The molecular weight excluding hydrogens is 953 g/mol. The van der Waals surface area contributed by atoms with Crippen molar-refractivity contribution in [1.29, 1.82) is 0 Å². The van der Waals surface area contributed by atoms with E-state index < -0.39 is 25.8 Å². The highest BCUT2D eigenvalue weighted by atomic mass is 79.9. The van der Waals surface area contributed by atoms with Crippen molar-refractivity contribution in [3.8, 4) is 0 Å². The van der Waals surface area contributed by atoms with Crippen LogP contribution in [0.25, 0.3) is 0 Å². The van der Waals surface area contributed by atoms with Crippen molar-refractivity contribution in [2.24, 2.45) is 0 Å². The van der Waals surface area contributed by atoms with Crippen molar-refractivity contribution in [2.45, 2.75) is 86.8 Å². The molecule has 0 saturated heterocycles. The predicted molar refractivity (Wildman–Crippen MR) is 259 cm³/mol. The highest BCUT2D eigenvalue weighted by Crippen LogP contribution is 2.38. The quantitative estimate of drug-likeness (QED) is 0.172. The normalized spacial score (nSPS) is 15.5. The first-order valence-corrected chi connectivity index (χ1v) is 26.2. The van der Waals surface area contributed by atoms with Crippen LogP contribution in [0.15, 0.2) is 198 Å². The number of hydrogen-bond acceptors (Lipinski definition) is 9. The first-order valence-electron chi connectivity index (χ1n) is 21.6. The lowest BCUT2D eigenvalue weighted by Gasteiger charge is -2.10. The molecule has 4 aliphatic carbocycles. The topological polar surface area (TPSA) is 140 Å². The Labute approximate surface area is 398 Å². The molecule has 334 valence electrons. The van der Waals surface area contributed by atoms with Gasteiger partial charge in [0.15, 0.2) is 17.3 Å². The molecule has 0 spiro atoms. The Morgan fingerprint density at radius 1 is 0.439 bits per heavy atom. The van der Waals surface area contributed by atoms with Crippen LogP contribution in [0.5, 0.6) is 0 Å². The number of Topliss-reactive ketones (excluding diaryl/α,β-unsaturated/α-hetero) is 3. The second-order valence-electron chi connectivity index (χ2n) is 16.0. The van der Waals surface area contributed by atoms with Crippen molar-refractivity contribution < 1.29 is 36.3 Å². The Hall–Kier alpha value is -5.76. The number of sulfone groups is 2. The van der Waals surface area contributed by atoms with E-state index in [1.54, 1.807) is 109 Å². The summed E-state index contributed by atoms with van der Waals surface area (Å²) in [6.07, 6.45) is 4.71. The summed E-state index contributed by atoms with van der Waals surface area (Å²) in [6.45, 7) is 0. The van der Waals surface area contributed by atoms with Crippen molar-refractivity contribution in [2.75, 3.05) is 0 Å². The third-order valence-corrected chi connectivity index (χ3v) is 17.5. The average Bonchev–Trinajstić information content (AvgIpc) is 4.14. The van der Waals surface area contributed by atoms with Crippen molar-refractivity contribution in [3.05, 3.63) is 213 Å². The molecule has 0 aromatic heterocycles. The van der Waals surface area contributed by atoms with E-state index >= 15 is 0 Å². The van der Waals surface area contributed by atoms with Crippen LogP contribution in [0.4, 0.5) is 0 Å². The number of aliphatic hydroxyl groups excluding tert-OH is 1. The highest BCUT2D eigenvalue weighted by Gasteiger charge is 2.30. The van der Waals surface area contributed by atoms with Gasteiger partial charge in [-0.3, -0.25) is 14.4 Å². The molecule has 0 fully saturated rings. The fourth-order valence-corrected chi connectivity index (χ4v) is 13.4. The zero-order chi connectivity index (χ0) is 46.4. The van der Waals surface area contributed by atoms with Gasteiger partial charge >= 0.3 is 0 Å². The summed E-state index contributed by atoms with van der Waals surface area (Å²) in [5, 5.41) is 9.85. The molecular formula is C54H45BrO8S3. The van der Waals surface area contributed by atoms with Crippen LogP contribution in [0.2, 0.25) is 0 Å². The number of hydrogen-bond donors (Lipinski definition) is 1. The molecule has 0 amide bonds. The maximum atomic E-state index is 12.6. The maximum Gasteiger partial charge on any atom is 0.206 e. The SMILES string of the molecule is O=C1CCc2c(Br)cccc21.O=C1CCc2c(Sc3ccccc3)cccc21.O=C1CCc2c1cccc2S(=O)(=O)c1ccccc1.O=S(=O)(c1ccccc1)c1cccc2c1CC[C@@H]2O. The summed E-state index contributed by atoms with van der Waals surface area (Å²) in [6, 6.07) is 48.9. The van der Waals surface area contributed by atoms with E-state index in [0.717, 1.165) is 39.6 Å². The monoisotopic (exact) mass is 996 g/mol. The molecule has 0 bridgehead atoms. The van der Waals surface area contributed by atoms with Gasteiger partial charge < -0.3 is 5.11 Å². The third kappa shape index (κ3) is 9.99. The first-order chi connectivity index (χ1) is 31.8. The summed E-state index contributed by atoms with van der Waals surface area (Å²) < 4.78 is 51.5. The molecule has 0 radical (unpaired) electrons. The van der Waals surface area contributed by atoms with Crippen molar-refractivity contribution in [1.82, 2.24) is 0 Å². The molecule has 7 aromatic rings. The summed E-state index contributed by atoms with van der Waals surface area (Å²) >= 11 is 5.17.